The van der Waals surface area contributed by atoms with Crippen molar-refractivity contribution in [3.63, 3.8) is 0 Å². The molecule has 0 saturated carbocycles. The molecule has 3 rings (SSSR count). The van der Waals surface area contributed by atoms with Crippen LogP contribution in [0.2, 0.25) is 5.02 Å². The maximum atomic E-state index is 12.6. The first-order chi connectivity index (χ1) is 14.0. The number of esters is 1. The third-order valence-corrected chi connectivity index (χ3v) is 4.32. The highest BCUT2D eigenvalue weighted by Gasteiger charge is 2.21. The summed E-state index contributed by atoms with van der Waals surface area (Å²) in [7, 11) is 0. The monoisotopic (exact) mass is 409 g/mol. The molecule has 0 aliphatic rings. The molecule has 6 heteroatoms. The molecule has 0 spiro atoms. The average Bonchev–Trinajstić information content (AvgIpc) is 2.73. The van der Waals surface area contributed by atoms with Crippen molar-refractivity contribution in [2.24, 2.45) is 0 Å². The maximum absolute atomic E-state index is 12.6. The minimum atomic E-state index is -0.997. The Morgan fingerprint density at radius 1 is 0.966 bits per heavy atom. The normalized spacial score (nSPS) is 11.4. The lowest BCUT2D eigenvalue weighted by atomic mass is 10.2. The molecule has 1 N–H and O–H groups in total. The fourth-order valence-corrected chi connectivity index (χ4v) is 2.77. The Morgan fingerprint density at radius 3 is 2.45 bits per heavy atom. The highest BCUT2D eigenvalue weighted by Crippen LogP contribution is 2.21. The van der Waals surface area contributed by atoms with Crippen LogP contribution in [0.4, 0.5) is 5.69 Å². The van der Waals surface area contributed by atoms with E-state index in [2.05, 4.69) is 5.32 Å². The number of anilines is 1. The molecule has 5 nitrogen and oxygen atoms in total. The maximum Gasteiger partial charge on any atom is 0.342 e. The predicted octanol–water partition coefficient (Wildman–Crippen LogP) is 5.10. The minimum absolute atomic E-state index is 0.255. The number of carbonyl (C=O) groups excluding carboxylic acids is 2. The van der Waals surface area contributed by atoms with Crippen molar-refractivity contribution in [3.8, 4) is 5.75 Å². The Bertz CT molecular complexity index is 991. The second kappa shape index (κ2) is 9.75. The number of hydrogen-bond donors (Lipinski definition) is 1. The van der Waals surface area contributed by atoms with Crippen LogP contribution in [-0.2, 0) is 16.1 Å². The molecule has 1 amide bonds. The van der Waals surface area contributed by atoms with Gasteiger partial charge in [0.05, 0.1) is 0 Å². The number of halogens is 1. The van der Waals surface area contributed by atoms with Gasteiger partial charge in [0.1, 0.15) is 17.9 Å². The van der Waals surface area contributed by atoms with Gasteiger partial charge in [0.2, 0.25) is 0 Å². The lowest BCUT2D eigenvalue weighted by Crippen LogP contribution is -2.30. The first-order valence-electron chi connectivity index (χ1n) is 9.06. The zero-order valence-electron chi connectivity index (χ0n) is 15.8. The zero-order chi connectivity index (χ0) is 20.6. The van der Waals surface area contributed by atoms with Crippen molar-refractivity contribution in [1.29, 1.82) is 0 Å². The molecule has 0 bridgehead atoms. The summed E-state index contributed by atoms with van der Waals surface area (Å²) in [4.78, 5) is 24.9. The predicted molar refractivity (Wildman–Crippen MR) is 112 cm³/mol. The minimum Gasteiger partial charge on any atom is -0.488 e. The number of rotatable bonds is 7. The van der Waals surface area contributed by atoms with Gasteiger partial charge in [0.15, 0.2) is 6.10 Å². The number of para-hydroxylation sites is 1. The molecule has 29 heavy (non-hydrogen) atoms. The number of carbonyl (C=O) groups is 2. The summed E-state index contributed by atoms with van der Waals surface area (Å²) >= 11 is 5.91. The topological polar surface area (TPSA) is 64.6 Å². The lowest BCUT2D eigenvalue weighted by molar-refractivity contribution is -0.123. The quantitative estimate of drug-likeness (QED) is 0.551. The van der Waals surface area contributed by atoms with E-state index < -0.39 is 18.0 Å². The number of hydrogen-bond acceptors (Lipinski definition) is 4. The van der Waals surface area contributed by atoms with E-state index in [1.807, 2.05) is 30.3 Å². The first kappa shape index (κ1) is 20.4. The van der Waals surface area contributed by atoms with E-state index in [-0.39, 0.29) is 5.56 Å². The van der Waals surface area contributed by atoms with E-state index in [9.17, 15) is 9.59 Å². The number of nitrogens with one attached hydrogen (secondary N) is 1. The van der Waals surface area contributed by atoms with Crippen LogP contribution in [0.3, 0.4) is 0 Å². The lowest BCUT2D eigenvalue weighted by Gasteiger charge is -2.15. The highest BCUT2D eigenvalue weighted by atomic mass is 35.5. The van der Waals surface area contributed by atoms with Gasteiger partial charge in [0, 0.05) is 10.7 Å². The van der Waals surface area contributed by atoms with Gasteiger partial charge in [-0.25, -0.2) is 4.79 Å². The van der Waals surface area contributed by atoms with E-state index in [1.54, 1.807) is 48.5 Å². The Morgan fingerprint density at radius 2 is 1.69 bits per heavy atom. The van der Waals surface area contributed by atoms with Crippen LogP contribution in [-0.4, -0.2) is 18.0 Å². The molecule has 0 heterocycles. The fraction of sp³-hybridized carbons (Fsp3) is 0.130. The van der Waals surface area contributed by atoms with Crippen LogP contribution in [0.15, 0.2) is 78.9 Å². The largest absolute Gasteiger partial charge is 0.488 e. The van der Waals surface area contributed by atoms with Crippen LogP contribution >= 0.6 is 11.6 Å². The molecule has 0 aromatic heterocycles. The van der Waals surface area contributed by atoms with Gasteiger partial charge < -0.3 is 14.8 Å². The van der Waals surface area contributed by atoms with Crippen LogP contribution in [0.5, 0.6) is 5.75 Å². The van der Waals surface area contributed by atoms with Gasteiger partial charge >= 0.3 is 5.97 Å². The first-order valence-corrected chi connectivity index (χ1v) is 9.44. The van der Waals surface area contributed by atoms with Crippen molar-refractivity contribution >= 4 is 29.2 Å². The van der Waals surface area contributed by atoms with Crippen molar-refractivity contribution in [2.75, 3.05) is 5.32 Å². The van der Waals surface area contributed by atoms with Gasteiger partial charge in [-0.3, -0.25) is 4.79 Å². The summed E-state index contributed by atoms with van der Waals surface area (Å²) < 4.78 is 11.1. The van der Waals surface area contributed by atoms with Gasteiger partial charge in [-0.2, -0.15) is 0 Å². The van der Waals surface area contributed by atoms with E-state index in [0.29, 0.717) is 23.1 Å². The Labute approximate surface area is 174 Å². The SMILES string of the molecule is C[C@@H](OC(=O)c1ccccc1OCc1ccccc1)C(=O)Nc1cccc(Cl)c1. The zero-order valence-corrected chi connectivity index (χ0v) is 16.6. The number of ether oxygens (including phenoxy) is 2. The standard InChI is InChI=1S/C23H20ClNO4/c1-16(22(26)25-19-11-7-10-18(24)14-19)29-23(27)20-12-5-6-13-21(20)28-15-17-8-3-2-4-9-17/h2-14,16H,15H2,1H3,(H,25,26)/t16-/m1/s1. The third-order valence-electron chi connectivity index (χ3n) is 4.09. The molecule has 0 aliphatic carbocycles. The third kappa shape index (κ3) is 5.83. The van der Waals surface area contributed by atoms with Crippen LogP contribution in [0, 0.1) is 0 Å². The van der Waals surface area contributed by atoms with Crippen molar-refractivity contribution in [1.82, 2.24) is 0 Å². The summed E-state index contributed by atoms with van der Waals surface area (Å²) in [5.41, 5.74) is 1.76. The Hall–Kier alpha value is -3.31. The fourth-order valence-electron chi connectivity index (χ4n) is 2.58. The molecular formula is C23H20ClNO4. The van der Waals surface area contributed by atoms with Crippen LogP contribution in [0.1, 0.15) is 22.8 Å². The van der Waals surface area contributed by atoms with Gasteiger partial charge in [-0.05, 0) is 42.8 Å². The number of benzene rings is 3. The molecule has 0 aliphatic heterocycles. The van der Waals surface area contributed by atoms with E-state index >= 15 is 0 Å². The van der Waals surface area contributed by atoms with Crippen LogP contribution < -0.4 is 10.1 Å². The van der Waals surface area contributed by atoms with E-state index in [1.165, 1.54) is 6.92 Å². The summed E-state index contributed by atoms with van der Waals surface area (Å²) in [6.07, 6.45) is -0.997. The molecule has 0 unspecified atom stereocenters. The second-order valence-electron chi connectivity index (χ2n) is 6.32. The summed E-state index contributed by atoms with van der Waals surface area (Å²) in [6.45, 7) is 1.82. The van der Waals surface area contributed by atoms with Crippen molar-refractivity contribution < 1.29 is 19.1 Å². The highest BCUT2D eigenvalue weighted by molar-refractivity contribution is 6.30. The van der Waals surface area contributed by atoms with Crippen molar-refractivity contribution in [3.05, 3.63) is 95.0 Å². The summed E-state index contributed by atoms with van der Waals surface area (Å²) in [5.74, 6) is -0.700. The summed E-state index contributed by atoms with van der Waals surface area (Å²) in [5, 5.41) is 3.17. The second-order valence-corrected chi connectivity index (χ2v) is 6.75. The molecule has 0 radical (unpaired) electrons. The Balaban J connectivity index is 1.63. The summed E-state index contributed by atoms with van der Waals surface area (Å²) in [6, 6.07) is 23.1. The number of amides is 1. The molecule has 3 aromatic rings. The van der Waals surface area contributed by atoms with E-state index in [4.69, 9.17) is 21.1 Å². The average molecular weight is 410 g/mol. The van der Waals surface area contributed by atoms with Gasteiger partial charge in [-0.1, -0.05) is 60.1 Å². The molecule has 148 valence electrons. The molecule has 0 saturated heterocycles. The Kier molecular flexibility index (Phi) is 6.87. The molecule has 0 fully saturated rings. The van der Waals surface area contributed by atoms with E-state index in [0.717, 1.165) is 5.56 Å². The molecule has 3 aromatic carbocycles. The molecule has 1 atom stereocenters. The van der Waals surface area contributed by atoms with Crippen molar-refractivity contribution in [2.45, 2.75) is 19.6 Å². The van der Waals surface area contributed by atoms with Crippen LogP contribution in [0.25, 0.3) is 0 Å². The van der Waals surface area contributed by atoms with Gasteiger partial charge in [-0.15, -0.1) is 0 Å². The van der Waals surface area contributed by atoms with Gasteiger partial charge in [0.25, 0.3) is 5.91 Å². The molecular weight excluding hydrogens is 390 g/mol. The smallest absolute Gasteiger partial charge is 0.342 e.